The first-order valence-corrected chi connectivity index (χ1v) is 11.3. The van der Waals surface area contributed by atoms with Gasteiger partial charge in [-0.25, -0.2) is 9.59 Å². The van der Waals surface area contributed by atoms with Gasteiger partial charge in [0, 0.05) is 32.6 Å². The lowest BCUT2D eigenvalue weighted by Crippen LogP contribution is -2.48. The van der Waals surface area contributed by atoms with Crippen LogP contribution in [0.5, 0.6) is 0 Å². The van der Waals surface area contributed by atoms with E-state index < -0.39 is 36.2 Å². The molecule has 2 aromatic rings. The smallest absolute Gasteiger partial charge is 0.407 e. The number of alkyl carbamates (subject to hydrolysis) is 1. The van der Waals surface area contributed by atoms with Gasteiger partial charge in [-0.3, -0.25) is 4.79 Å². The van der Waals surface area contributed by atoms with Crippen LogP contribution in [0, 0.1) is 0 Å². The first kappa shape index (κ1) is 23.7. The van der Waals surface area contributed by atoms with Gasteiger partial charge in [-0.15, -0.1) is 0 Å². The molecule has 0 spiro atoms. The zero-order valence-electron chi connectivity index (χ0n) is 18.9. The van der Waals surface area contributed by atoms with Crippen molar-refractivity contribution >= 4 is 18.0 Å². The number of hydrogen-bond acceptors (Lipinski definition) is 6. The summed E-state index contributed by atoms with van der Waals surface area (Å²) in [4.78, 5) is 36.0. The Hall–Kier alpha value is -3.43. The minimum Gasteiger partial charge on any atom is -0.479 e. The molecule has 3 N–H and O–H groups in total. The average Bonchev–Trinajstić information content (AvgIpc) is 3.43. The van der Waals surface area contributed by atoms with E-state index in [0.717, 1.165) is 22.3 Å². The minimum absolute atomic E-state index is 0.0357. The second kappa shape index (κ2) is 10.7. The number of benzene rings is 2. The minimum atomic E-state index is -1.12. The van der Waals surface area contributed by atoms with Crippen molar-refractivity contribution in [1.82, 2.24) is 10.6 Å². The first-order chi connectivity index (χ1) is 16.5. The van der Waals surface area contributed by atoms with Crippen molar-refractivity contribution in [3.63, 3.8) is 0 Å². The van der Waals surface area contributed by atoms with Gasteiger partial charge in [0.2, 0.25) is 5.91 Å². The highest BCUT2D eigenvalue weighted by molar-refractivity contribution is 5.83. The lowest BCUT2D eigenvalue weighted by Gasteiger charge is -2.21. The van der Waals surface area contributed by atoms with Crippen LogP contribution >= 0.6 is 0 Å². The molecule has 180 valence electrons. The van der Waals surface area contributed by atoms with Gasteiger partial charge in [0.15, 0.2) is 6.10 Å². The van der Waals surface area contributed by atoms with E-state index in [0.29, 0.717) is 6.42 Å². The van der Waals surface area contributed by atoms with Crippen molar-refractivity contribution < 1.29 is 33.7 Å². The molecule has 9 heteroatoms. The van der Waals surface area contributed by atoms with E-state index >= 15 is 0 Å². The van der Waals surface area contributed by atoms with Crippen LogP contribution in [-0.4, -0.2) is 68.2 Å². The number of carbonyl (C=O) groups is 3. The average molecular weight is 469 g/mol. The number of methoxy groups -OCH3 is 1. The summed E-state index contributed by atoms with van der Waals surface area (Å²) in [6, 6.07) is 15.6. The van der Waals surface area contributed by atoms with Crippen molar-refractivity contribution in [2.45, 2.75) is 37.0 Å². The Kier molecular flexibility index (Phi) is 7.44. The molecule has 2 aliphatic rings. The van der Waals surface area contributed by atoms with Crippen molar-refractivity contribution in [3.05, 3.63) is 59.7 Å². The largest absolute Gasteiger partial charge is 0.479 e. The fourth-order valence-corrected chi connectivity index (χ4v) is 4.57. The summed E-state index contributed by atoms with van der Waals surface area (Å²) in [5, 5.41) is 14.5. The predicted octanol–water partition coefficient (Wildman–Crippen LogP) is 2.29. The van der Waals surface area contributed by atoms with E-state index in [4.69, 9.17) is 19.3 Å². The van der Waals surface area contributed by atoms with Gasteiger partial charge in [0.1, 0.15) is 12.7 Å². The molecule has 0 saturated carbocycles. The molecule has 1 unspecified atom stereocenters. The summed E-state index contributed by atoms with van der Waals surface area (Å²) >= 11 is 0. The molecule has 2 aromatic carbocycles. The fourth-order valence-electron chi connectivity index (χ4n) is 4.57. The van der Waals surface area contributed by atoms with E-state index in [1.807, 2.05) is 36.4 Å². The number of aliphatic carboxylic acids is 1. The molecule has 1 heterocycles. The Morgan fingerprint density at radius 3 is 2.35 bits per heavy atom. The Morgan fingerprint density at radius 1 is 1.09 bits per heavy atom. The number of carbonyl (C=O) groups excluding carboxylic acids is 2. The number of amides is 2. The van der Waals surface area contributed by atoms with Crippen LogP contribution in [0.25, 0.3) is 11.1 Å². The summed E-state index contributed by atoms with van der Waals surface area (Å²) in [7, 11) is 1.39. The highest BCUT2D eigenvalue weighted by Gasteiger charge is 2.36. The van der Waals surface area contributed by atoms with Gasteiger partial charge in [0.05, 0.1) is 6.04 Å². The molecule has 2 amide bonds. The monoisotopic (exact) mass is 468 g/mol. The molecule has 1 aliphatic heterocycles. The Bertz CT molecular complexity index is 1010. The maximum absolute atomic E-state index is 12.5. The van der Waals surface area contributed by atoms with Gasteiger partial charge in [-0.05, 0) is 28.7 Å². The number of nitrogens with one attached hydrogen (secondary N) is 2. The summed E-state index contributed by atoms with van der Waals surface area (Å²) in [6.07, 6.45) is -1.87. The molecule has 9 nitrogen and oxygen atoms in total. The normalized spacial score (nSPS) is 19.7. The Labute approximate surface area is 197 Å². The third-order valence-electron chi connectivity index (χ3n) is 6.26. The van der Waals surface area contributed by atoms with E-state index in [9.17, 15) is 14.4 Å². The fraction of sp³-hybridized carbons (Fsp3) is 0.400. The number of ether oxygens (including phenoxy) is 3. The molecule has 34 heavy (non-hydrogen) atoms. The zero-order valence-corrected chi connectivity index (χ0v) is 18.9. The second-order valence-electron chi connectivity index (χ2n) is 8.30. The predicted molar refractivity (Wildman–Crippen MR) is 122 cm³/mol. The van der Waals surface area contributed by atoms with Crippen molar-refractivity contribution in [3.8, 4) is 11.1 Å². The Balaban J connectivity index is 1.25. The van der Waals surface area contributed by atoms with E-state index in [1.165, 1.54) is 7.11 Å². The summed E-state index contributed by atoms with van der Waals surface area (Å²) in [5.74, 6) is -1.60. The van der Waals surface area contributed by atoms with Gasteiger partial charge in [-0.1, -0.05) is 48.5 Å². The van der Waals surface area contributed by atoms with Crippen LogP contribution in [0.2, 0.25) is 0 Å². The van der Waals surface area contributed by atoms with E-state index in [-0.39, 0.29) is 32.1 Å². The van der Waals surface area contributed by atoms with Crippen LogP contribution in [0.15, 0.2) is 48.5 Å². The van der Waals surface area contributed by atoms with E-state index in [1.54, 1.807) is 0 Å². The summed E-state index contributed by atoms with van der Waals surface area (Å²) in [5.41, 5.74) is 4.56. The highest BCUT2D eigenvalue weighted by atomic mass is 16.5. The van der Waals surface area contributed by atoms with Gasteiger partial charge >= 0.3 is 12.1 Å². The van der Waals surface area contributed by atoms with Crippen LogP contribution < -0.4 is 10.6 Å². The van der Waals surface area contributed by atoms with Gasteiger partial charge in [0.25, 0.3) is 0 Å². The molecule has 4 rings (SSSR count). The maximum atomic E-state index is 12.5. The quantitative estimate of drug-likeness (QED) is 0.516. The van der Waals surface area contributed by atoms with Gasteiger partial charge in [-0.2, -0.15) is 0 Å². The molecule has 1 aliphatic carbocycles. The van der Waals surface area contributed by atoms with Crippen molar-refractivity contribution in [1.29, 1.82) is 0 Å². The number of rotatable bonds is 9. The van der Waals surface area contributed by atoms with Crippen LogP contribution in [0.1, 0.15) is 29.9 Å². The molecule has 0 bridgehead atoms. The number of carboxylic acids is 1. The highest BCUT2D eigenvalue weighted by Crippen LogP contribution is 2.44. The molecular formula is C25H28N2O7. The molecular weight excluding hydrogens is 440 g/mol. The molecule has 1 saturated heterocycles. The van der Waals surface area contributed by atoms with Crippen molar-refractivity contribution in [2.24, 2.45) is 0 Å². The van der Waals surface area contributed by atoms with Gasteiger partial charge < -0.3 is 30.0 Å². The third kappa shape index (κ3) is 5.05. The second-order valence-corrected chi connectivity index (χ2v) is 8.30. The zero-order chi connectivity index (χ0) is 24.1. The topological polar surface area (TPSA) is 123 Å². The SMILES string of the molecule is COC(CCNC(=O)OCC1c2ccccc2-c2ccccc21)C(=O)N[C@@H]1CCO[C@@H]1C(=O)O. The van der Waals surface area contributed by atoms with E-state index in [2.05, 4.69) is 22.8 Å². The maximum Gasteiger partial charge on any atom is 0.407 e. The molecule has 1 fully saturated rings. The first-order valence-electron chi connectivity index (χ1n) is 11.3. The number of fused-ring (bicyclic) bond motifs is 3. The molecule has 0 aromatic heterocycles. The molecule has 0 radical (unpaired) electrons. The number of carboxylic acid groups (broad SMARTS) is 1. The lowest BCUT2D eigenvalue weighted by atomic mass is 9.98. The van der Waals surface area contributed by atoms with Crippen molar-refractivity contribution in [2.75, 3.05) is 26.9 Å². The summed E-state index contributed by atoms with van der Waals surface area (Å²) in [6.45, 7) is 0.626. The Morgan fingerprint density at radius 2 is 1.74 bits per heavy atom. The van der Waals surface area contributed by atoms with Crippen LogP contribution in [0.3, 0.4) is 0 Å². The van der Waals surface area contributed by atoms with Crippen LogP contribution in [-0.2, 0) is 23.8 Å². The number of hydrogen-bond donors (Lipinski definition) is 3. The standard InChI is InChI=1S/C25H28N2O7/c1-32-21(23(28)27-20-11-13-33-22(20)24(29)30)10-12-26-25(31)34-14-19-17-8-4-2-6-15(17)16-7-3-5-9-18(16)19/h2-9,19-22H,10-14H2,1H3,(H,26,31)(H,27,28)(H,29,30)/t20-,21?,22+/m1/s1. The summed E-state index contributed by atoms with van der Waals surface area (Å²) < 4.78 is 15.9. The lowest BCUT2D eigenvalue weighted by molar-refractivity contribution is -0.148. The molecule has 3 atom stereocenters. The third-order valence-corrected chi connectivity index (χ3v) is 6.26. The van der Waals surface area contributed by atoms with Crippen LogP contribution in [0.4, 0.5) is 4.79 Å².